The average Bonchev–Trinajstić information content (AvgIpc) is 2.26. The topological polar surface area (TPSA) is 52.0 Å². The molecule has 1 aliphatic carbocycles. The Morgan fingerprint density at radius 1 is 1.13 bits per heavy atom. The molecule has 76 valence electrons. The standard InChI is InChI=1S/C13H14N2/c14-12-8-4-7-11(13(12)15)9-10-5-2-1-3-6-10/h1-9,13H,14-15H2. The maximum atomic E-state index is 5.96. The van der Waals surface area contributed by atoms with E-state index >= 15 is 0 Å². The van der Waals surface area contributed by atoms with E-state index in [1.165, 1.54) is 0 Å². The van der Waals surface area contributed by atoms with Crippen LogP contribution in [0.1, 0.15) is 5.56 Å². The molecule has 2 heteroatoms. The molecule has 2 rings (SSSR count). The van der Waals surface area contributed by atoms with Gasteiger partial charge in [-0.2, -0.15) is 0 Å². The van der Waals surface area contributed by atoms with E-state index in [1.54, 1.807) is 0 Å². The Labute approximate surface area is 89.6 Å². The Hall–Kier alpha value is -1.80. The highest BCUT2D eigenvalue weighted by Gasteiger charge is 2.11. The highest BCUT2D eigenvalue weighted by Crippen LogP contribution is 2.16. The monoisotopic (exact) mass is 198 g/mol. The molecule has 0 fully saturated rings. The Balaban J connectivity index is 2.29. The summed E-state index contributed by atoms with van der Waals surface area (Å²) >= 11 is 0. The van der Waals surface area contributed by atoms with E-state index in [0.29, 0.717) is 5.70 Å². The number of benzene rings is 1. The van der Waals surface area contributed by atoms with E-state index in [9.17, 15) is 0 Å². The van der Waals surface area contributed by atoms with Crippen LogP contribution in [0.25, 0.3) is 6.08 Å². The number of hydrogen-bond acceptors (Lipinski definition) is 2. The minimum atomic E-state index is -0.185. The molecule has 1 aliphatic rings. The van der Waals surface area contributed by atoms with E-state index in [-0.39, 0.29) is 6.04 Å². The van der Waals surface area contributed by atoms with Gasteiger partial charge in [0.15, 0.2) is 0 Å². The first kappa shape index (κ1) is 9.74. The van der Waals surface area contributed by atoms with Gasteiger partial charge in [-0.3, -0.25) is 0 Å². The van der Waals surface area contributed by atoms with Crippen LogP contribution in [-0.4, -0.2) is 6.04 Å². The van der Waals surface area contributed by atoms with Crippen LogP contribution in [0.3, 0.4) is 0 Å². The van der Waals surface area contributed by atoms with E-state index in [2.05, 4.69) is 6.08 Å². The number of allylic oxidation sites excluding steroid dienone is 2. The maximum Gasteiger partial charge on any atom is 0.0698 e. The van der Waals surface area contributed by atoms with Crippen molar-refractivity contribution in [1.29, 1.82) is 0 Å². The van der Waals surface area contributed by atoms with Crippen molar-refractivity contribution < 1.29 is 0 Å². The Morgan fingerprint density at radius 3 is 2.60 bits per heavy atom. The van der Waals surface area contributed by atoms with Crippen LogP contribution in [0.4, 0.5) is 0 Å². The van der Waals surface area contributed by atoms with Gasteiger partial charge < -0.3 is 11.5 Å². The van der Waals surface area contributed by atoms with Gasteiger partial charge in [0.25, 0.3) is 0 Å². The predicted octanol–water partition coefficient (Wildman–Crippen LogP) is 1.81. The van der Waals surface area contributed by atoms with Crippen LogP contribution in [0.15, 0.2) is 59.8 Å². The van der Waals surface area contributed by atoms with E-state index in [0.717, 1.165) is 11.1 Å². The van der Waals surface area contributed by atoms with E-state index < -0.39 is 0 Å². The van der Waals surface area contributed by atoms with E-state index in [4.69, 9.17) is 11.5 Å². The van der Waals surface area contributed by atoms with Crippen molar-refractivity contribution in [3.63, 3.8) is 0 Å². The minimum absolute atomic E-state index is 0.185. The Bertz CT molecular complexity index is 427. The normalized spacial score (nSPS) is 22.9. The first-order chi connectivity index (χ1) is 7.27. The molecule has 0 aliphatic heterocycles. The van der Waals surface area contributed by atoms with Gasteiger partial charge in [0.05, 0.1) is 6.04 Å². The lowest BCUT2D eigenvalue weighted by Gasteiger charge is -2.16. The SMILES string of the molecule is NC1=CC=CC(=Cc2ccccc2)C1N. The second-order valence-corrected chi connectivity index (χ2v) is 3.56. The summed E-state index contributed by atoms with van der Waals surface area (Å²) in [6.45, 7) is 0. The number of nitrogens with two attached hydrogens (primary N) is 2. The minimum Gasteiger partial charge on any atom is -0.400 e. The van der Waals surface area contributed by atoms with Crippen LogP contribution < -0.4 is 11.5 Å². The lowest BCUT2D eigenvalue weighted by Crippen LogP contribution is -2.30. The van der Waals surface area contributed by atoms with Gasteiger partial charge >= 0.3 is 0 Å². The van der Waals surface area contributed by atoms with Crippen LogP contribution in [0.5, 0.6) is 0 Å². The van der Waals surface area contributed by atoms with Crippen LogP contribution in [-0.2, 0) is 0 Å². The van der Waals surface area contributed by atoms with Crippen LogP contribution in [0.2, 0.25) is 0 Å². The van der Waals surface area contributed by atoms with Gasteiger partial charge in [0, 0.05) is 5.70 Å². The smallest absolute Gasteiger partial charge is 0.0698 e. The Morgan fingerprint density at radius 2 is 1.87 bits per heavy atom. The molecule has 0 radical (unpaired) electrons. The highest BCUT2D eigenvalue weighted by molar-refractivity contribution is 5.60. The van der Waals surface area contributed by atoms with Gasteiger partial charge in [-0.25, -0.2) is 0 Å². The summed E-state index contributed by atoms with van der Waals surface area (Å²) in [6.07, 6.45) is 7.82. The van der Waals surface area contributed by atoms with Gasteiger partial charge in [-0.05, 0) is 23.3 Å². The lowest BCUT2D eigenvalue weighted by molar-refractivity contribution is 0.891. The fourth-order valence-corrected chi connectivity index (χ4v) is 1.55. The van der Waals surface area contributed by atoms with Crippen molar-refractivity contribution in [2.75, 3.05) is 0 Å². The molecule has 4 N–H and O–H groups in total. The first-order valence-electron chi connectivity index (χ1n) is 4.93. The van der Waals surface area contributed by atoms with Crippen LogP contribution in [0, 0.1) is 0 Å². The van der Waals surface area contributed by atoms with E-state index in [1.807, 2.05) is 48.6 Å². The predicted molar refractivity (Wildman–Crippen MR) is 63.8 cm³/mol. The molecule has 0 amide bonds. The molecule has 1 aromatic rings. The molecule has 1 atom stereocenters. The molecule has 2 nitrogen and oxygen atoms in total. The van der Waals surface area contributed by atoms with Crippen molar-refractivity contribution in [3.05, 3.63) is 65.4 Å². The first-order valence-corrected chi connectivity index (χ1v) is 4.93. The molecule has 0 bridgehead atoms. The molecule has 1 unspecified atom stereocenters. The molecule has 0 saturated carbocycles. The lowest BCUT2D eigenvalue weighted by atomic mass is 9.97. The molecule has 15 heavy (non-hydrogen) atoms. The van der Waals surface area contributed by atoms with Crippen LogP contribution >= 0.6 is 0 Å². The van der Waals surface area contributed by atoms with Gasteiger partial charge in [-0.15, -0.1) is 0 Å². The molecule has 0 heterocycles. The second kappa shape index (κ2) is 4.15. The van der Waals surface area contributed by atoms with Crippen molar-refractivity contribution in [1.82, 2.24) is 0 Å². The van der Waals surface area contributed by atoms with Crippen molar-refractivity contribution in [2.24, 2.45) is 11.5 Å². The highest BCUT2D eigenvalue weighted by atomic mass is 14.7. The summed E-state index contributed by atoms with van der Waals surface area (Å²) in [5.74, 6) is 0. The fourth-order valence-electron chi connectivity index (χ4n) is 1.55. The molecule has 0 aromatic heterocycles. The average molecular weight is 198 g/mol. The summed E-state index contributed by atoms with van der Waals surface area (Å²) in [6, 6.07) is 9.90. The van der Waals surface area contributed by atoms with Crippen molar-refractivity contribution in [3.8, 4) is 0 Å². The molecule has 1 aromatic carbocycles. The summed E-state index contributed by atoms with van der Waals surface area (Å²) in [7, 11) is 0. The number of hydrogen-bond donors (Lipinski definition) is 2. The summed E-state index contributed by atoms with van der Waals surface area (Å²) in [4.78, 5) is 0. The molecular weight excluding hydrogens is 184 g/mol. The third kappa shape index (κ3) is 2.17. The summed E-state index contributed by atoms with van der Waals surface area (Å²) in [5, 5.41) is 0. The zero-order valence-electron chi connectivity index (χ0n) is 8.43. The number of rotatable bonds is 1. The quantitative estimate of drug-likeness (QED) is 0.723. The van der Waals surface area contributed by atoms with Gasteiger partial charge in [0.1, 0.15) is 0 Å². The van der Waals surface area contributed by atoms with Crippen molar-refractivity contribution >= 4 is 6.08 Å². The van der Waals surface area contributed by atoms with Crippen molar-refractivity contribution in [2.45, 2.75) is 6.04 Å². The summed E-state index contributed by atoms with van der Waals surface area (Å²) < 4.78 is 0. The molecular formula is C13H14N2. The van der Waals surface area contributed by atoms with Gasteiger partial charge in [-0.1, -0.05) is 42.5 Å². The largest absolute Gasteiger partial charge is 0.400 e. The zero-order valence-corrected chi connectivity index (χ0v) is 8.43. The second-order valence-electron chi connectivity index (χ2n) is 3.56. The molecule has 0 spiro atoms. The third-order valence-electron chi connectivity index (χ3n) is 2.43. The fraction of sp³-hybridized carbons (Fsp3) is 0.0769. The summed E-state index contributed by atoms with van der Waals surface area (Å²) in [5.41, 5.74) is 14.6. The zero-order chi connectivity index (χ0) is 10.7. The molecule has 0 saturated heterocycles. The van der Waals surface area contributed by atoms with Gasteiger partial charge in [0.2, 0.25) is 0 Å². The third-order valence-corrected chi connectivity index (χ3v) is 2.43. The Kier molecular flexibility index (Phi) is 2.70. The maximum absolute atomic E-state index is 5.96.